The van der Waals surface area contributed by atoms with Crippen LogP contribution in [0.3, 0.4) is 0 Å². The van der Waals surface area contributed by atoms with Crippen molar-refractivity contribution in [3.8, 4) is 0 Å². The maximum atomic E-state index is 13.1. The fourth-order valence-electron chi connectivity index (χ4n) is 4.16. The zero-order valence-corrected chi connectivity index (χ0v) is 18.5. The van der Waals surface area contributed by atoms with Crippen molar-refractivity contribution in [2.24, 2.45) is 0 Å². The van der Waals surface area contributed by atoms with Crippen LogP contribution in [0.5, 0.6) is 0 Å². The van der Waals surface area contributed by atoms with Crippen molar-refractivity contribution in [2.75, 3.05) is 11.9 Å². The molecule has 9 nitrogen and oxygen atoms in total. The first-order valence-electron chi connectivity index (χ1n) is 10.7. The Kier molecular flexibility index (Phi) is 5.78. The Labute approximate surface area is 194 Å². The number of rotatable bonds is 7. The quantitative estimate of drug-likeness (QED) is 0.388. The molecule has 0 aromatic carbocycles. The summed E-state index contributed by atoms with van der Waals surface area (Å²) in [5.74, 6) is -0.0772. The molecule has 168 valence electrons. The number of aromatic nitrogens is 5. The molecular formula is C23H22ClN7O2. The van der Waals surface area contributed by atoms with E-state index in [-0.39, 0.29) is 22.4 Å². The highest BCUT2D eigenvalue weighted by atomic mass is 35.5. The molecular weight excluding hydrogens is 442 g/mol. The number of pyridine rings is 2. The predicted octanol–water partition coefficient (Wildman–Crippen LogP) is 2.63. The summed E-state index contributed by atoms with van der Waals surface area (Å²) in [6.45, 7) is 0.818. The molecule has 0 radical (unpaired) electrons. The second-order valence-electron chi connectivity index (χ2n) is 7.94. The summed E-state index contributed by atoms with van der Waals surface area (Å²) >= 11 is 6.37. The number of aromatic amines is 1. The molecule has 0 aliphatic carbocycles. The molecule has 0 unspecified atom stereocenters. The minimum atomic E-state index is -0.627. The van der Waals surface area contributed by atoms with Crippen LogP contribution in [0.4, 0.5) is 5.82 Å². The molecule has 1 atom stereocenters. The molecule has 0 saturated carbocycles. The summed E-state index contributed by atoms with van der Waals surface area (Å²) in [4.78, 5) is 41.8. The maximum absolute atomic E-state index is 13.1. The Morgan fingerprint density at radius 1 is 1.24 bits per heavy atom. The third-order valence-electron chi connectivity index (χ3n) is 5.79. The van der Waals surface area contributed by atoms with E-state index in [2.05, 4.69) is 30.6 Å². The van der Waals surface area contributed by atoms with Crippen LogP contribution >= 0.6 is 11.6 Å². The molecule has 5 heterocycles. The third-order valence-corrected chi connectivity index (χ3v) is 6.09. The van der Waals surface area contributed by atoms with E-state index in [1.807, 2.05) is 24.3 Å². The molecule has 0 bridgehead atoms. The molecule has 1 amide bonds. The summed E-state index contributed by atoms with van der Waals surface area (Å²) in [5.41, 5.74) is 3.12. The Hall–Kier alpha value is -3.72. The number of H-pyrrole nitrogens is 1. The molecule has 4 aromatic rings. The lowest BCUT2D eigenvalue weighted by Crippen LogP contribution is -2.36. The number of carbonyl (C=O) groups is 1. The van der Waals surface area contributed by atoms with Gasteiger partial charge in [0.1, 0.15) is 6.04 Å². The van der Waals surface area contributed by atoms with Crippen LogP contribution in [0.15, 0.2) is 53.8 Å². The number of halogens is 1. The molecule has 0 saturated heterocycles. The van der Waals surface area contributed by atoms with Crippen LogP contribution in [-0.2, 0) is 24.2 Å². The molecule has 10 heteroatoms. The number of nitrogens with one attached hydrogen (secondary N) is 3. The zero-order chi connectivity index (χ0) is 22.8. The van der Waals surface area contributed by atoms with Gasteiger partial charge < -0.3 is 15.6 Å². The van der Waals surface area contributed by atoms with E-state index in [1.54, 1.807) is 24.8 Å². The van der Waals surface area contributed by atoms with E-state index in [0.717, 1.165) is 22.2 Å². The second kappa shape index (κ2) is 9.03. The van der Waals surface area contributed by atoms with E-state index in [9.17, 15) is 9.59 Å². The third kappa shape index (κ3) is 4.31. The van der Waals surface area contributed by atoms with Gasteiger partial charge in [-0.05, 0) is 43.0 Å². The minimum Gasteiger partial charge on any atom is -0.365 e. The Balaban J connectivity index is 1.29. The summed E-state index contributed by atoms with van der Waals surface area (Å²) in [7, 11) is 0. The maximum Gasteiger partial charge on any atom is 0.294 e. The molecule has 5 rings (SSSR count). The van der Waals surface area contributed by atoms with Gasteiger partial charge in [-0.15, -0.1) is 0 Å². The van der Waals surface area contributed by atoms with Gasteiger partial charge in [0.15, 0.2) is 11.0 Å². The topological polar surface area (TPSA) is 118 Å². The van der Waals surface area contributed by atoms with E-state index >= 15 is 0 Å². The number of hydrogen-bond donors (Lipinski definition) is 3. The molecule has 1 aliphatic rings. The first-order valence-corrected chi connectivity index (χ1v) is 11.1. The summed E-state index contributed by atoms with van der Waals surface area (Å²) < 4.78 is 1.48. The van der Waals surface area contributed by atoms with Crippen molar-refractivity contribution in [2.45, 2.75) is 31.8 Å². The largest absolute Gasteiger partial charge is 0.365 e. The predicted molar refractivity (Wildman–Crippen MR) is 125 cm³/mol. The highest BCUT2D eigenvalue weighted by Gasteiger charge is 2.32. The number of hydrogen-bond acceptors (Lipinski definition) is 6. The molecule has 1 aliphatic heterocycles. The first-order chi connectivity index (χ1) is 16.1. The number of nitrogens with zero attached hydrogens (tertiary/aromatic N) is 4. The Morgan fingerprint density at radius 2 is 2.12 bits per heavy atom. The van der Waals surface area contributed by atoms with Crippen molar-refractivity contribution >= 4 is 34.2 Å². The van der Waals surface area contributed by atoms with Gasteiger partial charge in [0, 0.05) is 47.9 Å². The monoisotopic (exact) mass is 463 g/mol. The normalized spacial score (nSPS) is 14.9. The number of amides is 1. The van der Waals surface area contributed by atoms with Crippen LogP contribution in [0.25, 0.3) is 10.9 Å². The Morgan fingerprint density at radius 3 is 2.94 bits per heavy atom. The molecule has 0 fully saturated rings. The van der Waals surface area contributed by atoms with Gasteiger partial charge >= 0.3 is 0 Å². The average molecular weight is 464 g/mol. The van der Waals surface area contributed by atoms with Crippen LogP contribution in [0, 0.1) is 0 Å². The van der Waals surface area contributed by atoms with Crippen molar-refractivity contribution in [1.82, 2.24) is 29.8 Å². The van der Waals surface area contributed by atoms with Crippen molar-refractivity contribution in [3.63, 3.8) is 0 Å². The summed E-state index contributed by atoms with van der Waals surface area (Å²) in [6.07, 6.45) is 8.67. The Bertz CT molecular complexity index is 1330. The number of anilines is 1. The van der Waals surface area contributed by atoms with Gasteiger partial charge in [-0.2, -0.15) is 0 Å². The molecule has 33 heavy (non-hydrogen) atoms. The fourth-order valence-corrected chi connectivity index (χ4v) is 4.43. The van der Waals surface area contributed by atoms with Crippen molar-refractivity contribution in [1.29, 1.82) is 0 Å². The average Bonchev–Trinajstić information content (AvgIpc) is 3.46. The van der Waals surface area contributed by atoms with E-state index in [1.165, 1.54) is 4.57 Å². The summed E-state index contributed by atoms with van der Waals surface area (Å²) in [5, 5.41) is 7.22. The standard InChI is InChI=1S/C23H22ClN7O2/c24-20-18-3-4-19(22(32)28-13-16-10-15-12-26-8-6-17(15)29-16)31(18)23(33)21(30-20)27-9-5-14-2-1-7-25-11-14/h1-2,6-8,10-12,19,29H,3-5,9,13H2,(H,27,30)(H,28,32)/t19-/m0/s1. The lowest BCUT2D eigenvalue weighted by Gasteiger charge is -2.16. The van der Waals surface area contributed by atoms with E-state index in [0.29, 0.717) is 38.0 Å². The highest BCUT2D eigenvalue weighted by Crippen LogP contribution is 2.29. The van der Waals surface area contributed by atoms with Crippen LogP contribution in [-0.4, -0.2) is 37.0 Å². The SMILES string of the molecule is O=C(NCc1cc2cnccc2[nH]1)[C@@H]1CCc2c(Cl)nc(NCCc3cccnc3)c(=O)n21. The van der Waals surface area contributed by atoms with Crippen LogP contribution < -0.4 is 16.2 Å². The van der Waals surface area contributed by atoms with Crippen molar-refractivity contribution < 1.29 is 4.79 Å². The minimum absolute atomic E-state index is 0.149. The summed E-state index contributed by atoms with van der Waals surface area (Å²) in [6, 6.07) is 7.03. The van der Waals surface area contributed by atoms with Gasteiger partial charge in [-0.25, -0.2) is 4.98 Å². The zero-order valence-electron chi connectivity index (χ0n) is 17.7. The molecule has 0 spiro atoms. The molecule has 4 aromatic heterocycles. The molecule has 3 N–H and O–H groups in total. The lowest BCUT2D eigenvalue weighted by atomic mass is 10.2. The van der Waals surface area contributed by atoms with E-state index in [4.69, 9.17) is 11.6 Å². The first kappa shape index (κ1) is 21.1. The van der Waals surface area contributed by atoms with Crippen LogP contribution in [0.2, 0.25) is 5.15 Å². The fraction of sp³-hybridized carbons (Fsp3) is 0.261. The smallest absolute Gasteiger partial charge is 0.294 e. The van der Waals surface area contributed by atoms with Gasteiger partial charge in [-0.1, -0.05) is 17.7 Å². The lowest BCUT2D eigenvalue weighted by molar-refractivity contribution is -0.124. The van der Waals surface area contributed by atoms with Gasteiger partial charge in [0.05, 0.1) is 12.2 Å². The second-order valence-corrected chi connectivity index (χ2v) is 8.30. The highest BCUT2D eigenvalue weighted by molar-refractivity contribution is 6.30. The van der Waals surface area contributed by atoms with E-state index < -0.39 is 6.04 Å². The van der Waals surface area contributed by atoms with Gasteiger partial charge in [0.2, 0.25) is 5.91 Å². The van der Waals surface area contributed by atoms with Crippen LogP contribution in [0.1, 0.15) is 29.4 Å². The number of carbonyl (C=O) groups excluding carboxylic acids is 1. The van der Waals surface area contributed by atoms with Gasteiger partial charge in [-0.3, -0.25) is 24.1 Å². The van der Waals surface area contributed by atoms with Gasteiger partial charge in [0.25, 0.3) is 5.56 Å². The van der Waals surface area contributed by atoms with Crippen molar-refractivity contribution in [3.05, 3.63) is 81.5 Å². The number of fused-ring (bicyclic) bond motifs is 2.